The molecule has 1 saturated heterocycles. The summed E-state index contributed by atoms with van der Waals surface area (Å²) < 4.78 is 4.73. The fraction of sp³-hybridized carbons (Fsp3) is 0.833. The number of esters is 1. The van der Waals surface area contributed by atoms with Crippen LogP contribution in [-0.4, -0.2) is 18.6 Å². The zero-order valence-electron chi connectivity index (χ0n) is 6.44. The number of hydrogen-bond acceptors (Lipinski definition) is 3. The minimum atomic E-state index is -0.660. The number of nitrogens with zero attached hydrogens (tertiary/aromatic N) is 3. The average Bonchev–Trinajstić information content (AvgIpc) is 2.16. The third-order valence-electron chi connectivity index (χ3n) is 1.72. The maximum atomic E-state index is 10.9. The number of carbonyl (C=O) groups is 1. The van der Waals surface area contributed by atoms with Gasteiger partial charge in [0.1, 0.15) is 6.04 Å². The molecule has 1 aliphatic rings. The third kappa shape index (κ3) is 1.28. The predicted octanol–water partition coefficient (Wildman–Crippen LogP) is 1.25. The molecule has 0 amide bonds. The van der Waals surface area contributed by atoms with Crippen molar-refractivity contribution in [2.24, 2.45) is 10.5 Å². The Morgan fingerprint density at radius 3 is 2.82 bits per heavy atom. The Morgan fingerprint density at radius 1 is 1.82 bits per heavy atom. The van der Waals surface area contributed by atoms with Gasteiger partial charge in [-0.1, -0.05) is 19.0 Å². The quantitative estimate of drug-likeness (QED) is 0.247. The van der Waals surface area contributed by atoms with Crippen molar-refractivity contribution in [3.8, 4) is 0 Å². The third-order valence-corrected chi connectivity index (χ3v) is 1.72. The molecule has 0 unspecified atom stereocenters. The second-order valence-corrected chi connectivity index (χ2v) is 3.20. The van der Waals surface area contributed by atoms with Gasteiger partial charge in [-0.2, -0.15) is 0 Å². The van der Waals surface area contributed by atoms with Crippen molar-refractivity contribution < 1.29 is 9.53 Å². The maximum Gasteiger partial charge on any atom is 0.315 e. The molecular formula is C6H9N3O2. The number of ether oxygens (including phenoxy) is 1. The highest BCUT2D eigenvalue weighted by Gasteiger charge is 2.42. The summed E-state index contributed by atoms with van der Waals surface area (Å²) in [4.78, 5) is 13.5. The molecule has 0 aliphatic carbocycles. The van der Waals surface area contributed by atoms with Gasteiger partial charge in [0.05, 0.1) is 6.61 Å². The Hall–Kier alpha value is -1.22. The molecule has 5 nitrogen and oxygen atoms in total. The van der Waals surface area contributed by atoms with E-state index >= 15 is 0 Å². The first-order valence-corrected chi connectivity index (χ1v) is 3.29. The first-order valence-electron chi connectivity index (χ1n) is 3.29. The Labute approximate surface area is 64.0 Å². The van der Waals surface area contributed by atoms with Crippen molar-refractivity contribution in [2.75, 3.05) is 6.61 Å². The smallest absolute Gasteiger partial charge is 0.315 e. The number of carbonyl (C=O) groups excluding carboxylic acids is 1. The lowest BCUT2D eigenvalue weighted by Gasteiger charge is -2.16. The molecule has 0 saturated carbocycles. The lowest BCUT2D eigenvalue weighted by Crippen LogP contribution is -2.27. The van der Waals surface area contributed by atoms with Gasteiger partial charge < -0.3 is 4.74 Å². The Kier molecular flexibility index (Phi) is 1.74. The van der Waals surface area contributed by atoms with Crippen LogP contribution in [0.5, 0.6) is 0 Å². The molecule has 5 heteroatoms. The molecule has 1 fully saturated rings. The van der Waals surface area contributed by atoms with E-state index in [-0.39, 0.29) is 5.41 Å². The van der Waals surface area contributed by atoms with Crippen LogP contribution in [0.25, 0.3) is 10.4 Å². The Bertz CT molecular complexity index is 230. The number of azide groups is 1. The van der Waals surface area contributed by atoms with Crippen molar-refractivity contribution in [3.63, 3.8) is 0 Å². The summed E-state index contributed by atoms with van der Waals surface area (Å²) in [7, 11) is 0. The van der Waals surface area contributed by atoms with E-state index in [4.69, 9.17) is 10.3 Å². The highest BCUT2D eigenvalue weighted by molar-refractivity contribution is 5.79. The summed E-state index contributed by atoms with van der Waals surface area (Å²) in [6.07, 6.45) is 0. The van der Waals surface area contributed by atoms with E-state index in [0.717, 1.165) is 0 Å². The van der Waals surface area contributed by atoms with Crippen LogP contribution in [0, 0.1) is 5.41 Å². The summed E-state index contributed by atoms with van der Waals surface area (Å²) in [5.74, 6) is -0.423. The van der Waals surface area contributed by atoms with Crippen molar-refractivity contribution in [3.05, 3.63) is 10.4 Å². The van der Waals surface area contributed by atoms with Crippen molar-refractivity contribution in [1.29, 1.82) is 0 Å². The van der Waals surface area contributed by atoms with Crippen LogP contribution in [0.15, 0.2) is 5.11 Å². The molecule has 0 N–H and O–H groups in total. The summed E-state index contributed by atoms with van der Waals surface area (Å²) in [6, 6.07) is -0.660. The van der Waals surface area contributed by atoms with E-state index in [1.54, 1.807) is 0 Å². The molecule has 0 radical (unpaired) electrons. The topological polar surface area (TPSA) is 75.1 Å². The summed E-state index contributed by atoms with van der Waals surface area (Å²) in [5.41, 5.74) is 7.77. The van der Waals surface area contributed by atoms with Gasteiger partial charge in [-0.25, -0.2) is 0 Å². The molecule has 1 heterocycles. The molecule has 0 aromatic rings. The van der Waals surface area contributed by atoms with Gasteiger partial charge in [0.25, 0.3) is 0 Å². The fourth-order valence-electron chi connectivity index (χ4n) is 0.989. The van der Waals surface area contributed by atoms with E-state index < -0.39 is 12.0 Å². The van der Waals surface area contributed by atoms with Gasteiger partial charge in [0.2, 0.25) is 0 Å². The lowest BCUT2D eigenvalue weighted by atomic mass is 9.88. The number of rotatable bonds is 1. The zero-order chi connectivity index (χ0) is 8.48. The largest absolute Gasteiger partial charge is 0.465 e. The molecule has 1 atom stereocenters. The first kappa shape index (κ1) is 7.88. The van der Waals surface area contributed by atoms with Gasteiger partial charge in [0.15, 0.2) is 0 Å². The van der Waals surface area contributed by atoms with E-state index in [2.05, 4.69) is 10.0 Å². The molecule has 11 heavy (non-hydrogen) atoms. The van der Waals surface area contributed by atoms with Gasteiger partial charge in [-0.15, -0.1) is 0 Å². The van der Waals surface area contributed by atoms with Crippen LogP contribution in [0.4, 0.5) is 0 Å². The molecule has 60 valence electrons. The molecule has 0 bridgehead atoms. The average molecular weight is 155 g/mol. The lowest BCUT2D eigenvalue weighted by molar-refractivity contribution is -0.138. The molecule has 0 spiro atoms. The summed E-state index contributed by atoms with van der Waals surface area (Å²) >= 11 is 0. The van der Waals surface area contributed by atoms with Gasteiger partial charge in [-0.05, 0) is 5.53 Å². The summed E-state index contributed by atoms with van der Waals surface area (Å²) in [6.45, 7) is 3.99. The Balaban J connectivity index is 2.88. The van der Waals surface area contributed by atoms with Crippen LogP contribution >= 0.6 is 0 Å². The molecule has 1 aliphatic heterocycles. The van der Waals surface area contributed by atoms with E-state index in [1.165, 1.54) is 0 Å². The highest BCUT2D eigenvalue weighted by Crippen LogP contribution is 2.30. The van der Waals surface area contributed by atoms with Crippen molar-refractivity contribution in [1.82, 2.24) is 0 Å². The predicted molar refractivity (Wildman–Crippen MR) is 37.7 cm³/mol. The minimum Gasteiger partial charge on any atom is -0.465 e. The highest BCUT2D eigenvalue weighted by atomic mass is 16.5. The molecular weight excluding hydrogens is 146 g/mol. The van der Waals surface area contributed by atoms with Gasteiger partial charge in [0, 0.05) is 10.3 Å². The standard InChI is InChI=1S/C6H9N3O2/c1-6(2)3-11-5(10)4(6)8-9-7/h4H,3H2,1-2H3/t4-/m1/s1. The monoisotopic (exact) mass is 155 g/mol. The second-order valence-electron chi connectivity index (χ2n) is 3.20. The normalized spacial score (nSPS) is 27.5. The van der Waals surface area contributed by atoms with Crippen LogP contribution < -0.4 is 0 Å². The fourth-order valence-corrected chi connectivity index (χ4v) is 0.989. The van der Waals surface area contributed by atoms with E-state index in [1.807, 2.05) is 13.8 Å². The van der Waals surface area contributed by atoms with Gasteiger partial charge in [-0.3, -0.25) is 4.79 Å². The van der Waals surface area contributed by atoms with Gasteiger partial charge >= 0.3 is 5.97 Å². The number of hydrogen-bond donors (Lipinski definition) is 0. The van der Waals surface area contributed by atoms with E-state index in [0.29, 0.717) is 6.61 Å². The minimum absolute atomic E-state index is 0.329. The second kappa shape index (κ2) is 2.43. The first-order chi connectivity index (χ1) is 5.08. The maximum absolute atomic E-state index is 10.9. The SMILES string of the molecule is CC1(C)COC(=O)[C@H]1N=[N+]=[N-]. The Morgan fingerprint density at radius 2 is 2.45 bits per heavy atom. The van der Waals surface area contributed by atoms with Crippen LogP contribution in [0.3, 0.4) is 0 Å². The van der Waals surface area contributed by atoms with Crippen LogP contribution in [0.2, 0.25) is 0 Å². The summed E-state index contributed by atoms with van der Waals surface area (Å²) in [5, 5.41) is 3.36. The van der Waals surface area contributed by atoms with Crippen molar-refractivity contribution in [2.45, 2.75) is 19.9 Å². The van der Waals surface area contributed by atoms with Crippen LogP contribution in [0.1, 0.15) is 13.8 Å². The number of cyclic esters (lactones) is 1. The van der Waals surface area contributed by atoms with Crippen molar-refractivity contribution >= 4 is 5.97 Å². The molecule has 0 aromatic carbocycles. The molecule has 0 aromatic heterocycles. The zero-order valence-corrected chi connectivity index (χ0v) is 6.44. The van der Waals surface area contributed by atoms with E-state index in [9.17, 15) is 4.79 Å². The van der Waals surface area contributed by atoms with Crippen LogP contribution in [-0.2, 0) is 9.53 Å². The molecule has 1 rings (SSSR count).